The van der Waals surface area contributed by atoms with Gasteiger partial charge in [0.15, 0.2) is 0 Å². The summed E-state index contributed by atoms with van der Waals surface area (Å²) >= 11 is 9.42. The maximum absolute atomic E-state index is 14.1. The Balaban J connectivity index is 2.31. The topological polar surface area (TPSA) is 12.0 Å². The van der Waals surface area contributed by atoms with Crippen LogP contribution in [-0.2, 0) is 6.42 Å². The van der Waals surface area contributed by atoms with Crippen molar-refractivity contribution in [2.75, 3.05) is 13.6 Å². The maximum Gasteiger partial charge on any atom is 0.144 e. The van der Waals surface area contributed by atoms with Gasteiger partial charge < -0.3 is 5.32 Å². The monoisotopic (exact) mass is 355 g/mol. The summed E-state index contributed by atoms with van der Waals surface area (Å²) in [5, 5.41) is 3.35. The molecule has 4 heteroatoms. The number of likely N-dealkylation sites (N-methyl/N-ethyl adjacent to an activating group) is 1. The van der Waals surface area contributed by atoms with Gasteiger partial charge in [-0.3, -0.25) is 0 Å². The van der Waals surface area contributed by atoms with Gasteiger partial charge in [0.25, 0.3) is 0 Å². The van der Waals surface area contributed by atoms with Crippen LogP contribution in [0.25, 0.3) is 0 Å². The van der Waals surface area contributed by atoms with E-state index < -0.39 is 0 Å². The molecule has 0 fully saturated rings. The molecule has 106 valence electrons. The summed E-state index contributed by atoms with van der Waals surface area (Å²) in [4.78, 5) is 0. The number of benzene rings is 2. The molecule has 1 nitrogen and oxygen atoms in total. The molecule has 0 aromatic heterocycles. The fourth-order valence-electron chi connectivity index (χ4n) is 2.32. The second-order valence-corrected chi connectivity index (χ2v) is 5.95. The van der Waals surface area contributed by atoms with E-state index in [0.717, 1.165) is 11.0 Å². The SMILES string of the molecule is CNCC(Cc1cccc(Cl)c1F)c1ccccc1Br. The minimum Gasteiger partial charge on any atom is -0.319 e. The second kappa shape index (κ2) is 7.21. The molecule has 0 spiro atoms. The lowest BCUT2D eigenvalue weighted by atomic mass is 9.91. The fourth-order valence-corrected chi connectivity index (χ4v) is 3.12. The lowest BCUT2D eigenvalue weighted by Crippen LogP contribution is -2.20. The molecule has 0 saturated carbocycles. The first-order valence-corrected chi connectivity index (χ1v) is 7.62. The van der Waals surface area contributed by atoms with Crippen molar-refractivity contribution in [1.29, 1.82) is 0 Å². The van der Waals surface area contributed by atoms with Gasteiger partial charge in [-0.1, -0.05) is 57.9 Å². The average Bonchev–Trinajstić information content (AvgIpc) is 2.44. The summed E-state index contributed by atoms with van der Waals surface area (Å²) in [5.74, 6) is -0.133. The Labute approximate surface area is 132 Å². The molecular weight excluding hydrogens is 341 g/mol. The zero-order chi connectivity index (χ0) is 14.5. The summed E-state index contributed by atoms with van der Waals surface area (Å²) in [7, 11) is 1.90. The molecule has 1 unspecified atom stereocenters. The van der Waals surface area contributed by atoms with Crippen LogP contribution in [0.2, 0.25) is 5.02 Å². The Bertz CT molecular complexity index is 588. The van der Waals surface area contributed by atoms with Crippen molar-refractivity contribution in [3.63, 3.8) is 0 Å². The van der Waals surface area contributed by atoms with Crippen LogP contribution < -0.4 is 5.32 Å². The van der Waals surface area contributed by atoms with Gasteiger partial charge in [0, 0.05) is 16.9 Å². The van der Waals surface area contributed by atoms with Crippen LogP contribution in [0.5, 0.6) is 0 Å². The number of nitrogens with one attached hydrogen (secondary N) is 1. The fraction of sp³-hybridized carbons (Fsp3) is 0.250. The smallest absolute Gasteiger partial charge is 0.144 e. The van der Waals surface area contributed by atoms with Crippen molar-refractivity contribution in [2.45, 2.75) is 12.3 Å². The quantitative estimate of drug-likeness (QED) is 0.812. The summed E-state index contributed by atoms with van der Waals surface area (Å²) < 4.78 is 15.1. The van der Waals surface area contributed by atoms with E-state index in [1.165, 1.54) is 5.56 Å². The lowest BCUT2D eigenvalue weighted by molar-refractivity contribution is 0.574. The van der Waals surface area contributed by atoms with Gasteiger partial charge in [-0.05, 0) is 36.7 Å². The Morgan fingerprint density at radius 1 is 1.20 bits per heavy atom. The van der Waals surface area contributed by atoms with Gasteiger partial charge >= 0.3 is 0 Å². The van der Waals surface area contributed by atoms with E-state index in [2.05, 4.69) is 27.3 Å². The third kappa shape index (κ3) is 3.60. The van der Waals surface area contributed by atoms with E-state index in [4.69, 9.17) is 11.6 Å². The second-order valence-electron chi connectivity index (χ2n) is 4.69. The molecule has 2 rings (SSSR count). The van der Waals surface area contributed by atoms with Gasteiger partial charge in [0.05, 0.1) is 5.02 Å². The van der Waals surface area contributed by atoms with Crippen LogP contribution in [0.1, 0.15) is 17.0 Å². The molecule has 0 radical (unpaired) electrons. The first kappa shape index (κ1) is 15.5. The van der Waals surface area contributed by atoms with Crippen molar-refractivity contribution in [3.05, 3.63) is 68.9 Å². The zero-order valence-corrected chi connectivity index (χ0v) is 13.5. The van der Waals surface area contributed by atoms with E-state index in [1.54, 1.807) is 18.2 Å². The Hall–Kier alpha value is -0.900. The van der Waals surface area contributed by atoms with Gasteiger partial charge in [0.2, 0.25) is 0 Å². The largest absolute Gasteiger partial charge is 0.319 e. The standard InChI is InChI=1S/C16H16BrClFN/c1-20-10-12(13-6-2-3-7-14(13)17)9-11-5-4-8-15(18)16(11)19/h2-8,12,20H,9-10H2,1H3. The first-order valence-electron chi connectivity index (χ1n) is 6.45. The summed E-state index contributed by atoms with van der Waals surface area (Å²) in [5.41, 5.74) is 1.81. The van der Waals surface area contributed by atoms with Crippen LogP contribution in [0.15, 0.2) is 46.9 Å². The third-order valence-corrected chi connectivity index (χ3v) is 4.31. The number of hydrogen-bond acceptors (Lipinski definition) is 1. The van der Waals surface area contributed by atoms with Gasteiger partial charge in [0.1, 0.15) is 5.82 Å². The van der Waals surface area contributed by atoms with Gasteiger partial charge in [-0.25, -0.2) is 4.39 Å². The summed E-state index contributed by atoms with van der Waals surface area (Å²) in [6.07, 6.45) is 0.607. The van der Waals surface area contributed by atoms with Gasteiger partial charge in [-0.2, -0.15) is 0 Å². The van der Waals surface area contributed by atoms with Gasteiger partial charge in [-0.15, -0.1) is 0 Å². The molecule has 0 aliphatic rings. The van der Waals surface area contributed by atoms with E-state index in [1.807, 2.05) is 25.2 Å². The molecule has 0 bridgehead atoms. The molecule has 0 saturated heterocycles. The van der Waals surface area contributed by atoms with Crippen molar-refractivity contribution in [2.24, 2.45) is 0 Å². The van der Waals surface area contributed by atoms with Crippen molar-refractivity contribution < 1.29 is 4.39 Å². The molecule has 20 heavy (non-hydrogen) atoms. The van der Waals surface area contributed by atoms with Crippen LogP contribution in [0, 0.1) is 5.82 Å². The van der Waals surface area contributed by atoms with Crippen LogP contribution in [0.3, 0.4) is 0 Å². The van der Waals surface area contributed by atoms with E-state index >= 15 is 0 Å². The van der Waals surface area contributed by atoms with Crippen molar-refractivity contribution in [3.8, 4) is 0 Å². The molecular formula is C16H16BrClFN. The average molecular weight is 357 g/mol. The molecule has 2 aromatic carbocycles. The molecule has 2 aromatic rings. The summed E-state index contributed by atoms with van der Waals surface area (Å²) in [6.45, 7) is 0.772. The lowest BCUT2D eigenvalue weighted by Gasteiger charge is -2.19. The molecule has 0 aliphatic heterocycles. The van der Waals surface area contributed by atoms with Crippen LogP contribution in [-0.4, -0.2) is 13.6 Å². The number of rotatable bonds is 5. The molecule has 0 aliphatic carbocycles. The molecule has 0 amide bonds. The Kier molecular flexibility index (Phi) is 5.58. The van der Waals surface area contributed by atoms with Crippen LogP contribution >= 0.6 is 27.5 Å². The zero-order valence-electron chi connectivity index (χ0n) is 11.2. The number of halogens is 3. The highest BCUT2D eigenvalue weighted by molar-refractivity contribution is 9.10. The minimum absolute atomic E-state index is 0.179. The van der Waals surface area contributed by atoms with E-state index in [0.29, 0.717) is 12.0 Å². The third-order valence-electron chi connectivity index (χ3n) is 3.29. The summed E-state index contributed by atoms with van der Waals surface area (Å²) in [6, 6.07) is 13.2. The number of hydrogen-bond donors (Lipinski definition) is 1. The van der Waals surface area contributed by atoms with Crippen molar-refractivity contribution in [1.82, 2.24) is 5.32 Å². The minimum atomic E-state index is -0.317. The van der Waals surface area contributed by atoms with E-state index in [-0.39, 0.29) is 16.8 Å². The van der Waals surface area contributed by atoms with E-state index in [9.17, 15) is 4.39 Å². The maximum atomic E-state index is 14.1. The van der Waals surface area contributed by atoms with Crippen LogP contribution in [0.4, 0.5) is 4.39 Å². The Morgan fingerprint density at radius 2 is 1.95 bits per heavy atom. The predicted octanol–water partition coefficient (Wildman–Crippen LogP) is 4.79. The highest BCUT2D eigenvalue weighted by atomic mass is 79.9. The van der Waals surface area contributed by atoms with Crippen molar-refractivity contribution >= 4 is 27.5 Å². The molecule has 1 N–H and O–H groups in total. The highest BCUT2D eigenvalue weighted by Gasteiger charge is 2.17. The predicted molar refractivity (Wildman–Crippen MR) is 85.9 cm³/mol. The molecule has 0 heterocycles. The highest BCUT2D eigenvalue weighted by Crippen LogP contribution is 2.29. The normalized spacial score (nSPS) is 12.4. The Morgan fingerprint density at radius 3 is 2.65 bits per heavy atom. The first-order chi connectivity index (χ1) is 9.63. The molecule has 1 atom stereocenters.